The minimum Gasteiger partial charge on any atom is -0.490 e. The molecular weight excluding hydrogens is 407 g/mol. The molecule has 1 atom stereocenters. The summed E-state index contributed by atoms with van der Waals surface area (Å²) in [6, 6.07) is 13.3. The smallest absolute Gasteiger partial charge is 0.265 e. The molecule has 1 amide bonds. The predicted octanol–water partition coefficient (Wildman–Crippen LogP) is 5.46. The first kappa shape index (κ1) is 23.6. The van der Waals surface area contributed by atoms with Crippen LogP contribution >= 0.6 is 35.6 Å². The van der Waals surface area contributed by atoms with E-state index in [-0.39, 0.29) is 24.4 Å². The number of hydrazine groups is 1. The summed E-state index contributed by atoms with van der Waals surface area (Å²) in [4.78, 5) is 12.3. The fourth-order valence-electron chi connectivity index (χ4n) is 2.43. The number of hydrogen-bond acceptors (Lipinski definition) is 3. The Hall–Kier alpha value is -1.46. The van der Waals surface area contributed by atoms with Gasteiger partial charge in [-0.25, -0.2) is 5.43 Å². The number of benzene rings is 2. The fourth-order valence-corrected chi connectivity index (χ4v) is 3.02. The summed E-state index contributed by atoms with van der Waals surface area (Å²) in [7, 11) is 0. The number of nitrogens with one attached hydrogen (secondary N) is 2. The van der Waals surface area contributed by atoms with Gasteiger partial charge in [0.1, 0.15) is 0 Å². The lowest BCUT2D eigenvalue weighted by Gasteiger charge is -2.16. The van der Waals surface area contributed by atoms with Crippen LogP contribution in [0.3, 0.4) is 0 Å². The topological polar surface area (TPSA) is 50.4 Å². The molecule has 7 heteroatoms. The zero-order chi connectivity index (χ0) is 18.9. The van der Waals surface area contributed by atoms with E-state index < -0.39 is 0 Å². The van der Waals surface area contributed by atoms with Crippen LogP contribution in [-0.4, -0.2) is 18.6 Å². The molecule has 0 saturated heterocycles. The molecule has 0 heterocycles. The van der Waals surface area contributed by atoms with Crippen molar-refractivity contribution in [1.29, 1.82) is 0 Å². The van der Waals surface area contributed by atoms with Gasteiger partial charge in [-0.1, -0.05) is 66.9 Å². The van der Waals surface area contributed by atoms with Crippen molar-refractivity contribution in [3.63, 3.8) is 0 Å². The van der Waals surface area contributed by atoms with Gasteiger partial charge in [-0.15, -0.1) is 12.4 Å². The summed E-state index contributed by atoms with van der Waals surface area (Å²) in [6.07, 6.45) is 2.73. The molecule has 2 N–H and O–H groups in total. The Balaban J connectivity index is 0.00000364. The fraction of sp³-hybridized carbons (Fsp3) is 0.350. The first-order chi connectivity index (χ1) is 12.5. The van der Waals surface area contributed by atoms with Gasteiger partial charge in [0.2, 0.25) is 0 Å². The first-order valence-corrected chi connectivity index (χ1v) is 9.48. The molecule has 2 aromatic carbocycles. The zero-order valence-corrected chi connectivity index (χ0v) is 17.8. The number of ether oxygens (including phenoxy) is 1. The van der Waals surface area contributed by atoms with Crippen LogP contribution in [0.2, 0.25) is 10.0 Å². The monoisotopic (exact) mass is 430 g/mol. The highest BCUT2D eigenvalue weighted by molar-refractivity contribution is 6.37. The van der Waals surface area contributed by atoms with Crippen molar-refractivity contribution in [2.24, 2.45) is 0 Å². The summed E-state index contributed by atoms with van der Waals surface area (Å²) in [5.74, 6) is 0.123. The Kier molecular flexibility index (Phi) is 10.6. The van der Waals surface area contributed by atoms with Crippen molar-refractivity contribution in [3.05, 3.63) is 63.6 Å². The van der Waals surface area contributed by atoms with Crippen LogP contribution in [0.1, 0.15) is 42.6 Å². The Morgan fingerprint density at radius 1 is 1.15 bits per heavy atom. The Morgan fingerprint density at radius 2 is 1.78 bits per heavy atom. The number of hydrogen-bond donors (Lipinski definition) is 2. The van der Waals surface area contributed by atoms with Gasteiger partial charge in [0.25, 0.3) is 5.91 Å². The second-order valence-electron chi connectivity index (χ2n) is 6.16. The lowest BCUT2D eigenvalue weighted by Crippen LogP contribution is -2.43. The van der Waals surface area contributed by atoms with Crippen LogP contribution in [0, 0.1) is 0 Å². The van der Waals surface area contributed by atoms with Crippen LogP contribution < -0.4 is 15.6 Å². The highest BCUT2D eigenvalue weighted by Gasteiger charge is 2.15. The van der Waals surface area contributed by atoms with Crippen molar-refractivity contribution in [2.75, 3.05) is 6.61 Å². The van der Waals surface area contributed by atoms with E-state index in [1.54, 1.807) is 12.1 Å². The van der Waals surface area contributed by atoms with Crippen LogP contribution in [-0.2, 0) is 6.42 Å². The molecule has 0 saturated carbocycles. The molecule has 0 aliphatic heterocycles. The maximum atomic E-state index is 12.3. The standard InChI is InChI=1S/C20H24Cl2N2O2.ClH/c1-3-4-10-26-19-17(21)12-16(13-18(19)22)20(25)24-23-14(2)11-15-8-6-5-7-9-15;/h5-9,12-14,23H,3-4,10-11H2,1-2H3,(H,24,25);1H. The third-order valence-corrected chi connectivity index (χ3v) is 4.38. The van der Waals surface area contributed by atoms with E-state index >= 15 is 0 Å². The number of halogens is 3. The van der Waals surface area contributed by atoms with Crippen LogP contribution in [0.5, 0.6) is 5.75 Å². The van der Waals surface area contributed by atoms with E-state index in [4.69, 9.17) is 27.9 Å². The van der Waals surface area contributed by atoms with Gasteiger partial charge in [-0.05, 0) is 37.5 Å². The highest BCUT2D eigenvalue weighted by Crippen LogP contribution is 2.34. The number of amides is 1. The molecule has 0 aliphatic rings. The van der Waals surface area contributed by atoms with Crippen LogP contribution in [0.15, 0.2) is 42.5 Å². The van der Waals surface area contributed by atoms with E-state index in [0.717, 1.165) is 19.3 Å². The highest BCUT2D eigenvalue weighted by atomic mass is 35.5. The van der Waals surface area contributed by atoms with E-state index in [1.807, 2.05) is 25.1 Å². The molecule has 27 heavy (non-hydrogen) atoms. The maximum Gasteiger partial charge on any atom is 0.265 e. The molecular formula is C20H25Cl3N2O2. The molecule has 1 unspecified atom stereocenters. The quantitative estimate of drug-likeness (QED) is 0.409. The summed E-state index contributed by atoms with van der Waals surface area (Å²) in [6.45, 7) is 4.61. The number of unbranched alkanes of at least 4 members (excludes halogenated alkanes) is 1. The predicted molar refractivity (Wildman–Crippen MR) is 114 cm³/mol. The molecule has 148 valence electrons. The van der Waals surface area contributed by atoms with Gasteiger partial charge in [0.05, 0.1) is 16.7 Å². The van der Waals surface area contributed by atoms with Crippen molar-refractivity contribution >= 4 is 41.5 Å². The normalized spacial score (nSPS) is 11.4. The summed E-state index contributed by atoms with van der Waals surface area (Å²) >= 11 is 12.4. The van der Waals surface area contributed by atoms with Gasteiger partial charge < -0.3 is 4.74 Å². The molecule has 2 rings (SSSR count). The minimum absolute atomic E-state index is 0. The second-order valence-corrected chi connectivity index (χ2v) is 6.97. The molecule has 0 bridgehead atoms. The maximum absolute atomic E-state index is 12.3. The summed E-state index contributed by atoms with van der Waals surface area (Å²) < 4.78 is 5.60. The summed E-state index contributed by atoms with van der Waals surface area (Å²) in [5.41, 5.74) is 7.28. The Bertz CT molecular complexity index is 703. The first-order valence-electron chi connectivity index (χ1n) is 8.73. The van der Waals surface area contributed by atoms with E-state index in [0.29, 0.717) is 28.0 Å². The number of rotatable bonds is 9. The van der Waals surface area contributed by atoms with Crippen LogP contribution in [0.25, 0.3) is 0 Å². The third kappa shape index (κ3) is 7.59. The largest absolute Gasteiger partial charge is 0.490 e. The lowest BCUT2D eigenvalue weighted by molar-refractivity contribution is 0.0926. The minimum atomic E-state index is -0.297. The van der Waals surface area contributed by atoms with Crippen molar-refractivity contribution in [3.8, 4) is 5.75 Å². The third-order valence-electron chi connectivity index (χ3n) is 3.82. The molecule has 0 spiro atoms. The van der Waals surface area contributed by atoms with Gasteiger partial charge >= 0.3 is 0 Å². The van der Waals surface area contributed by atoms with Crippen molar-refractivity contribution < 1.29 is 9.53 Å². The lowest BCUT2D eigenvalue weighted by atomic mass is 10.1. The molecule has 4 nitrogen and oxygen atoms in total. The van der Waals surface area contributed by atoms with E-state index in [2.05, 4.69) is 29.9 Å². The van der Waals surface area contributed by atoms with Gasteiger partial charge in [-0.2, -0.15) is 0 Å². The molecule has 0 aliphatic carbocycles. The average molecular weight is 432 g/mol. The number of carbonyl (C=O) groups excluding carboxylic acids is 1. The Morgan fingerprint density at radius 3 is 2.37 bits per heavy atom. The van der Waals surface area contributed by atoms with Crippen LogP contribution in [0.4, 0.5) is 0 Å². The molecule has 2 aromatic rings. The van der Waals surface area contributed by atoms with Crippen molar-refractivity contribution in [1.82, 2.24) is 10.9 Å². The van der Waals surface area contributed by atoms with Gasteiger partial charge in [-0.3, -0.25) is 10.2 Å². The number of carbonyl (C=O) groups is 1. The van der Waals surface area contributed by atoms with Crippen molar-refractivity contribution in [2.45, 2.75) is 39.2 Å². The average Bonchev–Trinajstić information content (AvgIpc) is 2.62. The zero-order valence-electron chi connectivity index (χ0n) is 15.4. The molecule has 0 radical (unpaired) electrons. The molecule has 0 fully saturated rings. The van der Waals surface area contributed by atoms with Gasteiger partial charge in [0.15, 0.2) is 5.75 Å². The Labute approximate surface area is 177 Å². The van der Waals surface area contributed by atoms with E-state index in [1.165, 1.54) is 5.56 Å². The SMILES string of the molecule is CCCCOc1c(Cl)cc(C(=O)NNC(C)Cc2ccccc2)cc1Cl.Cl. The van der Waals surface area contributed by atoms with Gasteiger partial charge in [0, 0.05) is 11.6 Å². The van der Waals surface area contributed by atoms with E-state index in [9.17, 15) is 4.79 Å². The second kappa shape index (κ2) is 12.1. The summed E-state index contributed by atoms with van der Waals surface area (Å²) in [5, 5.41) is 0.659. The molecule has 0 aromatic heterocycles.